The van der Waals surface area contributed by atoms with Gasteiger partial charge in [0.25, 0.3) is 0 Å². The number of epoxide rings is 1. The molecule has 0 spiro atoms. The average Bonchev–Trinajstić information content (AvgIpc) is 2.77. The first kappa shape index (κ1) is 9.97. The van der Waals surface area contributed by atoms with E-state index in [2.05, 4.69) is 22.0 Å². The van der Waals surface area contributed by atoms with Gasteiger partial charge < -0.3 is 4.74 Å². The fourth-order valence-electron chi connectivity index (χ4n) is 1.46. The van der Waals surface area contributed by atoms with Crippen LogP contribution in [0.5, 0.6) is 0 Å². The number of rotatable bonds is 1. The van der Waals surface area contributed by atoms with E-state index in [0.717, 1.165) is 10.0 Å². The number of hydrogen-bond donors (Lipinski definition) is 0. The van der Waals surface area contributed by atoms with Gasteiger partial charge in [-0.3, -0.25) is 0 Å². The lowest BCUT2D eigenvalue weighted by molar-refractivity contribution is 0.321. The highest BCUT2D eigenvalue weighted by atomic mass is 79.9. The molecule has 14 heavy (non-hydrogen) atoms. The minimum atomic E-state index is -0.521. The Morgan fingerprint density at radius 2 is 2.36 bits per heavy atom. The normalized spacial score (nSPS) is 29.7. The molecule has 72 valence electrons. The maximum atomic E-state index is 8.72. The van der Waals surface area contributed by atoms with E-state index in [1.54, 1.807) is 6.07 Å². The Hall–Kier alpha value is -0.560. The molecule has 4 heteroatoms. The van der Waals surface area contributed by atoms with Crippen molar-refractivity contribution in [2.45, 2.75) is 18.6 Å². The molecule has 0 saturated carbocycles. The van der Waals surface area contributed by atoms with Gasteiger partial charge in [-0.1, -0.05) is 33.6 Å². The molecule has 1 aliphatic heterocycles. The molecule has 0 amide bonds. The second-order valence-corrected chi connectivity index (χ2v) is 4.68. The Kier molecular flexibility index (Phi) is 2.30. The van der Waals surface area contributed by atoms with Crippen LogP contribution in [0.1, 0.15) is 12.5 Å². The summed E-state index contributed by atoms with van der Waals surface area (Å²) in [6.45, 7) is 1.87. The number of benzene rings is 1. The van der Waals surface area contributed by atoms with Crippen LogP contribution in [0.3, 0.4) is 0 Å². The van der Waals surface area contributed by atoms with E-state index in [-0.39, 0.29) is 6.10 Å². The largest absolute Gasteiger partial charge is 0.345 e. The van der Waals surface area contributed by atoms with Crippen molar-refractivity contribution >= 4 is 27.5 Å². The van der Waals surface area contributed by atoms with E-state index < -0.39 is 5.60 Å². The first-order valence-electron chi connectivity index (χ1n) is 4.11. The molecule has 1 aromatic rings. The molecular formula is C10H7BrClNO. The van der Waals surface area contributed by atoms with Crippen molar-refractivity contribution in [1.29, 1.82) is 5.26 Å². The second-order valence-electron chi connectivity index (χ2n) is 3.36. The molecule has 0 aliphatic carbocycles. The molecule has 2 unspecified atom stereocenters. The SMILES string of the molecule is CC1(c2ccc(Br)cc2Cl)OC1C#N. The molecule has 0 aromatic heterocycles. The molecular weight excluding hydrogens is 265 g/mol. The van der Waals surface area contributed by atoms with Crippen molar-refractivity contribution in [3.05, 3.63) is 33.3 Å². The molecule has 1 heterocycles. The summed E-state index contributed by atoms with van der Waals surface area (Å²) in [5.74, 6) is 0. The van der Waals surface area contributed by atoms with E-state index in [4.69, 9.17) is 21.6 Å². The monoisotopic (exact) mass is 271 g/mol. The minimum Gasteiger partial charge on any atom is -0.345 e. The Morgan fingerprint density at radius 3 is 2.86 bits per heavy atom. The van der Waals surface area contributed by atoms with Crippen molar-refractivity contribution in [2.75, 3.05) is 0 Å². The molecule has 1 aromatic carbocycles. The summed E-state index contributed by atoms with van der Waals surface area (Å²) in [4.78, 5) is 0. The fourth-order valence-corrected chi connectivity index (χ4v) is 2.32. The van der Waals surface area contributed by atoms with Gasteiger partial charge in [-0.05, 0) is 19.1 Å². The molecule has 1 aliphatic rings. The number of hydrogen-bond acceptors (Lipinski definition) is 2. The van der Waals surface area contributed by atoms with Gasteiger partial charge in [0, 0.05) is 15.1 Å². The van der Waals surface area contributed by atoms with Gasteiger partial charge in [0.15, 0.2) is 6.10 Å². The first-order chi connectivity index (χ1) is 6.58. The summed E-state index contributed by atoms with van der Waals surface area (Å²) >= 11 is 9.38. The predicted molar refractivity (Wildman–Crippen MR) is 57.0 cm³/mol. The van der Waals surface area contributed by atoms with E-state index in [1.807, 2.05) is 19.1 Å². The van der Waals surface area contributed by atoms with E-state index >= 15 is 0 Å². The lowest BCUT2D eigenvalue weighted by atomic mass is 9.98. The molecule has 2 nitrogen and oxygen atoms in total. The molecule has 0 N–H and O–H groups in total. The van der Waals surface area contributed by atoms with Gasteiger partial charge in [0.1, 0.15) is 5.60 Å². The van der Waals surface area contributed by atoms with Crippen LogP contribution < -0.4 is 0 Å². The van der Waals surface area contributed by atoms with Crippen LogP contribution in [0.4, 0.5) is 0 Å². The summed E-state index contributed by atoms with van der Waals surface area (Å²) in [7, 11) is 0. The Morgan fingerprint density at radius 1 is 1.64 bits per heavy atom. The van der Waals surface area contributed by atoms with Crippen LogP contribution in [0.25, 0.3) is 0 Å². The van der Waals surface area contributed by atoms with Crippen LogP contribution >= 0.6 is 27.5 Å². The number of ether oxygens (including phenoxy) is 1. The average molecular weight is 273 g/mol. The lowest BCUT2D eigenvalue weighted by Gasteiger charge is -2.07. The standard InChI is InChI=1S/C10H7BrClNO/c1-10(9(5-13)14-10)7-3-2-6(11)4-8(7)12/h2-4,9H,1H3. The Balaban J connectivity index is 2.40. The van der Waals surface area contributed by atoms with Crippen molar-refractivity contribution in [2.24, 2.45) is 0 Å². The van der Waals surface area contributed by atoms with Crippen LogP contribution in [-0.2, 0) is 10.3 Å². The zero-order chi connectivity index (χ0) is 10.3. The zero-order valence-electron chi connectivity index (χ0n) is 7.42. The quantitative estimate of drug-likeness (QED) is 0.736. The Labute approximate surface area is 95.6 Å². The van der Waals surface area contributed by atoms with Crippen LogP contribution in [-0.4, -0.2) is 6.10 Å². The van der Waals surface area contributed by atoms with Crippen LogP contribution in [0.15, 0.2) is 22.7 Å². The third-order valence-corrected chi connectivity index (χ3v) is 3.19. The Bertz CT molecular complexity index is 429. The van der Waals surface area contributed by atoms with Gasteiger partial charge in [-0.2, -0.15) is 5.26 Å². The summed E-state index contributed by atoms with van der Waals surface area (Å²) in [5, 5.41) is 9.35. The zero-order valence-corrected chi connectivity index (χ0v) is 9.76. The molecule has 1 fully saturated rings. The summed E-state index contributed by atoms with van der Waals surface area (Å²) in [5.41, 5.74) is 0.348. The maximum absolute atomic E-state index is 8.72. The van der Waals surface area contributed by atoms with Gasteiger partial charge in [-0.15, -0.1) is 0 Å². The van der Waals surface area contributed by atoms with E-state index in [0.29, 0.717) is 5.02 Å². The van der Waals surface area contributed by atoms with Gasteiger partial charge in [-0.25, -0.2) is 0 Å². The van der Waals surface area contributed by atoms with Gasteiger partial charge >= 0.3 is 0 Å². The summed E-state index contributed by atoms with van der Waals surface area (Å²) < 4.78 is 6.22. The highest BCUT2D eigenvalue weighted by Gasteiger charge is 2.55. The van der Waals surface area contributed by atoms with Crippen LogP contribution in [0.2, 0.25) is 5.02 Å². The fraction of sp³-hybridized carbons (Fsp3) is 0.300. The van der Waals surface area contributed by atoms with Gasteiger partial charge in [0.05, 0.1) is 6.07 Å². The highest BCUT2D eigenvalue weighted by Crippen LogP contribution is 2.48. The third-order valence-electron chi connectivity index (χ3n) is 2.39. The number of nitrogens with zero attached hydrogens (tertiary/aromatic N) is 1. The maximum Gasteiger partial charge on any atom is 0.178 e. The number of halogens is 2. The third kappa shape index (κ3) is 1.44. The van der Waals surface area contributed by atoms with Crippen molar-refractivity contribution < 1.29 is 4.74 Å². The first-order valence-corrected chi connectivity index (χ1v) is 5.28. The van der Waals surface area contributed by atoms with Crippen LogP contribution in [0, 0.1) is 11.3 Å². The van der Waals surface area contributed by atoms with Crippen molar-refractivity contribution in [3.8, 4) is 6.07 Å². The topological polar surface area (TPSA) is 36.3 Å². The van der Waals surface area contributed by atoms with Crippen molar-refractivity contribution in [3.63, 3.8) is 0 Å². The second kappa shape index (κ2) is 3.23. The number of nitriles is 1. The molecule has 1 saturated heterocycles. The van der Waals surface area contributed by atoms with E-state index in [1.165, 1.54) is 0 Å². The smallest absolute Gasteiger partial charge is 0.178 e. The highest BCUT2D eigenvalue weighted by molar-refractivity contribution is 9.10. The predicted octanol–water partition coefficient (Wildman–Crippen LogP) is 3.24. The van der Waals surface area contributed by atoms with Gasteiger partial charge in [0.2, 0.25) is 0 Å². The molecule has 2 atom stereocenters. The minimum absolute atomic E-state index is 0.374. The molecule has 2 rings (SSSR count). The molecule has 0 bridgehead atoms. The summed E-state index contributed by atoms with van der Waals surface area (Å²) in [6.07, 6.45) is -0.374. The van der Waals surface area contributed by atoms with E-state index in [9.17, 15) is 0 Å². The summed E-state index contributed by atoms with van der Waals surface area (Å²) in [6, 6.07) is 7.65. The lowest BCUT2D eigenvalue weighted by Crippen LogP contribution is -2.07. The molecule has 0 radical (unpaired) electrons. The van der Waals surface area contributed by atoms with Crippen molar-refractivity contribution in [1.82, 2.24) is 0 Å².